The van der Waals surface area contributed by atoms with Gasteiger partial charge in [-0.25, -0.2) is 13.4 Å². The minimum atomic E-state index is -3.81. The Kier molecular flexibility index (Phi) is 4.39. The highest BCUT2D eigenvalue weighted by Gasteiger charge is 2.21. The second kappa shape index (κ2) is 6.71. The predicted molar refractivity (Wildman–Crippen MR) is 102 cm³/mol. The predicted octanol–water partition coefficient (Wildman–Crippen LogP) is 3.38. The summed E-state index contributed by atoms with van der Waals surface area (Å²) in [6.07, 6.45) is 3.54. The molecule has 7 nitrogen and oxygen atoms in total. The topological polar surface area (TPSA) is 89.8 Å². The Hall–Kier alpha value is -2.43. The van der Waals surface area contributed by atoms with E-state index in [1.165, 1.54) is 17.8 Å². The van der Waals surface area contributed by atoms with Crippen molar-refractivity contribution in [1.82, 2.24) is 18.3 Å². The lowest BCUT2D eigenvalue weighted by atomic mass is 10.3. The number of rotatable bonds is 5. The van der Waals surface area contributed by atoms with Crippen LogP contribution in [-0.4, -0.2) is 26.7 Å². The van der Waals surface area contributed by atoms with Crippen LogP contribution in [0.1, 0.15) is 0 Å². The first-order chi connectivity index (χ1) is 12.5. The summed E-state index contributed by atoms with van der Waals surface area (Å²) < 4.78 is 38.6. The number of fused-ring (bicyclic) bond motifs is 1. The Morgan fingerprint density at radius 2 is 1.96 bits per heavy atom. The van der Waals surface area contributed by atoms with Crippen molar-refractivity contribution < 1.29 is 8.42 Å². The van der Waals surface area contributed by atoms with Crippen LogP contribution in [0.3, 0.4) is 0 Å². The van der Waals surface area contributed by atoms with Gasteiger partial charge >= 0.3 is 0 Å². The summed E-state index contributed by atoms with van der Waals surface area (Å²) in [7, 11) is -1.92. The Labute approximate surface area is 158 Å². The fraction of sp³-hybridized carbons (Fsp3) is 0.0625. The Bertz CT molecular complexity index is 1180. The molecule has 2 heterocycles. The Balaban J connectivity index is 1.71. The molecule has 0 fully saturated rings. The zero-order valence-electron chi connectivity index (χ0n) is 13.5. The SMILES string of the molecule is Cn1ccnc1Sc1ccccc1NS(=O)(=O)c1cccc2nsnc12. The lowest BCUT2D eigenvalue weighted by Crippen LogP contribution is -2.14. The van der Waals surface area contributed by atoms with Crippen molar-refractivity contribution in [2.75, 3.05) is 4.72 Å². The average molecular weight is 404 g/mol. The van der Waals surface area contributed by atoms with Gasteiger partial charge in [-0.15, -0.1) is 0 Å². The summed E-state index contributed by atoms with van der Waals surface area (Å²) >= 11 is 2.38. The van der Waals surface area contributed by atoms with Crippen LogP contribution < -0.4 is 4.72 Å². The standard InChI is InChI=1S/C16H13N5O2S3/c1-21-10-9-17-16(21)24-13-7-3-2-5-11(13)20-26(22,23)14-8-4-6-12-15(14)19-25-18-12/h2-10,20H,1H3. The zero-order valence-corrected chi connectivity index (χ0v) is 16.0. The smallest absolute Gasteiger partial charge is 0.264 e. The van der Waals surface area contributed by atoms with Crippen molar-refractivity contribution >= 4 is 50.2 Å². The number of anilines is 1. The van der Waals surface area contributed by atoms with Crippen molar-refractivity contribution in [1.29, 1.82) is 0 Å². The molecule has 4 rings (SSSR count). The van der Waals surface area contributed by atoms with Crippen molar-refractivity contribution in [2.45, 2.75) is 14.9 Å². The van der Waals surface area contributed by atoms with E-state index in [1.807, 2.05) is 29.9 Å². The van der Waals surface area contributed by atoms with Gasteiger partial charge in [-0.05, 0) is 36.0 Å². The molecule has 10 heteroatoms. The van der Waals surface area contributed by atoms with E-state index >= 15 is 0 Å². The van der Waals surface area contributed by atoms with Gasteiger partial charge in [0.15, 0.2) is 5.16 Å². The minimum absolute atomic E-state index is 0.112. The molecule has 2 aromatic heterocycles. The van der Waals surface area contributed by atoms with Crippen LogP contribution in [0.2, 0.25) is 0 Å². The third-order valence-corrected chi connectivity index (χ3v) is 6.74. The van der Waals surface area contributed by atoms with Crippen LogP contribution in [0.25, 0.3) is 11.0 Å². The van der Waals surface area contributed by atoms with Gasteiger partial charge in [-0.2, -0.15) is 8.75 Å². The molecule has 0 atom stereocenters. The second-order valence-electron chi connectivity index (χ2n) is 5.41. The fourth-order valence-electron chi connectivity index (χ4n) is 2.39. The number of aromatic nitrogens is 4. The van der Waals surface area contributed by atoms with Crippen LogP contribution in [0.4, 0.5) is 5.69 Å². The molecule has 0 radical (unpaired) electrons. The van der Waals surface area contributed by atoms with E-state index in [9.17, 15) is 8.42 Å². The summed E-state index contributed by atoms with van der Waals surface area (Å²) in [6, 6.07) is 12.1. The van der Waals surface area contributed by atoms with E-state index in [0.717, 1.165) is 21.8 Å². The number of nitrogens with one attached hydrogen (secondary N) is 1. The molecule has 2 aromatic carbocycles. The molecular formula is C16H13N5O2S3. The average Bonchev–Trinajstić information content (AvgIpc) is 3.25. The van der Waals surface area contributed by atoms with Crippen LogP contribution in [0.5, 0.6) is 0 Å². The number of hydrogen-bond acceptors (Lipinski definition) is 7. The molecule has 132 valence electrons. The number of imidazole rings is 1. The first-order valence-electron chi connectivity index (χ1n) is 7.53. The number of sulfonamides is 1. The molecule has 0 aliphatic rings. The van der Waals surface area contributed by atoms with E-state index in [2.05, 4.69) is 18.5 Å². The van der Waals surface area contributed by atoms with Crippen LogP contribution >= 0.6 is 23.5 Å². The molecule has 0 unspecified atom stereocenters. The molecule has 0 bridgehead atoms. The van der Waals surface area contributed by atoms with Gasteiger partial charge < -0.3 is 4.57 Å². The molecule has 0 aliphatic carbocycles. The maximum atomic E-state index is 12.9. The van der Waals surface area contributed by atoms with E-state index in [0.29, 0.717) is 16.7 Å². The van der Waals surface area contributed by atoms with Crippen LogP contribution in [0.15, 0.2) is 69.8 Å². The molecule has 0 spiro atoms. The van der Waals surface area contributed by atoms with Crippen molar-refractivity contribution in [3.63, 3.8) is 0 Å². The van der Waals surface area contributed by atoms with Gasteiger partial charge in [0.1, 0.15) is 15.9 Å². The lowest BCUT2D eigenvalue weighted by Gasteiger charge is -2.12. The maximum Gasteiger partial charge on any atom is 0.264 e. The number of para-hydroxylation sites is 1. The molecule has 0 amide bonds. The zero-order chi connectivity index (χ0) is 18.1. The summed E-state index contributed by atoms with van der Waals surface area (Å²) in [5.74, 6) is 0. The third-order valence-electron chi connectivity index (χ3n) is 3.65. The quantitative estimate of drug-likeness (QED) is 0.549. The highest BCUT2D eigenvalue weighted by molar-refractivity contribution is 7.99. The summed E-state index contributed by atoms with van der Waals surface area (Å²) in [5.41, 5.74) is 1.42. The van der Waals surface area contributed by atoms with Crippen LogP contribution in [0, 0.1) is 0 Å². The van der Waals surface area contributed by atoms with Gasteiger partial charge in [-0.1, -0.05) is 18.2 Å². The van der Waals surface area contributed by atoms with Gasteiger partial charge in [0.05, 0.1) is 17.4 Å². The summed E-state index contributed by atoms with van der Waals surface area (Å²) in [4.78, 5) is 5.14. The second-order valence-corrected chi connectivity index (χ2v) is 8.60. The molecule has 0 aliphatic heterocycles. The normalized spacial score (nSPS) is 11.7. The molecule has 0 saturated carbocycles. The highest BCUT2D eigenvalue weighted by Crippen LogP contribution is 2.34. The highest BCUT2D eigenvalue weighted by atomic mass is 32.2. The largest absolute Gasteiger partial charge is 0.329 e. The molecule has 0 saturated heterocycles. The molecule has 26 heavy (non-hydrogen) atoms. The van der Waals surface area contributed by atoms with Crippen LogP contribution in [-0.2, 0) is 17.1 Å². The van der Waals surface area contributed by atoms with Crippen molar-refractivity contribution in [3.8, 4) is 0 Å². The Morgan fingerprint density at radius 1 is 1.12 bits per heavy atom. The number of aryl methyl sites for hydroxylation is 1. The monoisotopic (exact) mass is 403 g/mol. The summed E-state index contributed by atoms with van der Waals surface area (Å²) in [6.45, 7) is 0. The van der Waals surface area contributed by atoms with Crippen molar-refractivity contribution in [3.05, 3.63) is 54.9 Å². The number of benzene rings is 2. The van der Waals surface area contributed by atoms with E-state index < -0.39 is 10.0 Å². The van der Waals surface area contributed by atoms with Gasteiger partial charge in [-0.3, -0.25) is 4.72 Å². The van der Waals surface area contributed by atoms with E-state index in [4.69, 9.17) is 0 Å². The number of nitrogens with zero attached hydrogens (tertiary/aromatic N) is 4. The maximum absolute atomic E-state index is 12.9. The first-order valence-corrected chi connectivity index (χ1v) is 10.6. The summed E-state index contributed by atoms with van der Waals surface area (Å²) in [5, 5.41) is 0.766. The van der Waals surface area contributed by atoms with E-state index in [-0.39, 0.29) is 4.90 Å². The number of hydrogen-bond donors (Lipinski definition) is 1. The fourth-order valence-corrected chi connectivity index (χ4v) is 5.19. The molecule has 4 aromatic rings. The lowest BCUT2D eigenvalue weighted by molar-refractivity contribution is 0.602. The van der Waals surface area contributed by atoms with Crippen molar-refractivity contribution in [2.24, 2.45) is 7.05 Å². The van der Waals surface area contributed by atoms with Gasteiger partial charge in [0, 0.05) is 24.3 Å². The first kappa shape index (κ1) is 17.0. The minimum Gasteiger partial charge on any atom is -0.329 e. The molecular weight excluding hydrogens is 390 g/mol. The van der Waals surface area contributed by atoms with Gasteiger partial charge in [0.25, 0.3) is 10.0 Å². The Morgan fingerprint density at radius 3 is 2.77 bits per heavy atom. The van der Waals surface area contributed by atoms with E-state index in [1.54, 1.807) is 30.5 Å². The third kappa shape index (κ3) is 3.18. The molecule has 1 N–H and O–H groups in total. The van der Waals surface area contributed by atoms with Gasteiger partial charge in [0.2, 0.25) is 0 Å².